The third kappa shape index (κ3) is 2.40. The van der Waals surface area contributed by atoms with Crippen molar-refractivity contribution in [2.45, 2.75) is 33.1 Å². The molecule has 0 saturated heterocycles. The highest BCUT2D eigenvalue weighted by Gasteiger charge is 2.65. The molecule has 2 bridgehead atoms. The van der Waals surface area contributed by atoms with Gasteiger partial charge < -0.3 is 0 Å². The molecular weight excluding hydrogens is 366 g/mol. The molecule has 3 rings (SSSR count). The Labute approximate surface area is 139 Å². The number of halogens is 1. The van der Waals surface area contributed by atoms with Crippen molar-refractivity contribution >= 4 is 37.4 Å². The van der Waals surface area contributed by atoms with Gasteiger partial charge in [0.2, 0.25) is 10.0 Å². The molecule has 2 fully saturated rings. The van der Waals surface area contributed by atoms with E-state index in [1.807, 2.05) is 19.9 Å². The molecule has 2 atom stereocenters. The van der Waals surface area contributed by atoms with Gasteiger partial charge in [0.25, 0.3) is 0 Å². The van der Waals surface area contributed by atoms with Crippen LogP contribution in [0.3, 0.4) is 0 Å². The van der Waals surface area contributed by atoms with Gasteiger partial charge in [0, 0.05) is 16.6 Å². The number of Topliss-reactive ketones (excluding diaryl/α,β-unsaturated/α-hetero) is 1. The van der Waals surface area contributed by atoms with Gasteiger partial charge in [0.05, 0.1) is 11.2 Å². The molecule has 2 aliphatic rings. The van der Waals surface area contributed by atoms with Crippen molar-refractivity contribution in [2.75, 3.05) is 10.5 Å². The van der Waals surface area contributed by atoms with Crippen LogP contribution in [0.2, 0.25) is 0 Å². The molecule has 0 radical (unpaired) electrons. The molecular formula is C16H20BrNO3S. The molecule has 22 heavy (non-hydrogen) atoms. The Morgan fingerprint density at radius 2 is 2.09 bits per heavy atom. The highest BCUT2D eigenvalue weighted by Crippen LogP contribution is 2.64. The van der Waals surface area contributed by atoms with Gasteiger partial charge in [-0.3, -0.25) is 9.52 Å². The summed E-state index contributed by atoms with van der Waals surface area (Å²) >= 11 is 3.33. The number of nitrogens with one attached hydrogen (secondary N) is 1. The van der Waals surface area contributed by atoms with Crippen LogP contribution >= 0.6 is 15.9 Å². The van der Waals surface area contributed by atoms with E-state index in [1.54, 1.807) is 18.2 Å². The van der Waals surface area contributed by atoms with Gasteiger partial charge >= 0.3 is 0 Å². The number of carbonyl (C=O) groups is 1. The number of sulfonamides is 1. The lowest BCUT2D eigenvalue weighted by molar-refractivity contribution is -0.128. The normalized spacial score (nSPS) is 29.8. The van der Waals surface area contributed by atoms with Crippen molar-refractivity contribution in [1.29, 1.82) is 0 Å². The summed E-state index contributed by atoms with van der Waals surface area (Å²) in [6.45, 7) is 4.09. The second-order valence-electron chi connectivity index (χ2n) is 7.04. The van der Waals surface area contributed by atoms with E-state index in [0.29, 0.717) is 24.4 Å². The molecule has 1 aromatic rings. The zero-order valence-corrected chi connectivity index (χ0v) is 15.1. The number of ketones is 1. The molecule has 1 aromatic carbocycles. The van der Waals surface area contributed by atoms with Crippen molar-refractivity contribution in [2.24, 2.45) is 16.7 Å². The Kier molecular flexibility index (Phi) is 3.68. The first-order chi connectivity index (χ1) is 10.2. The van der Waals surface area contributed by atoms with E-state index >= 15 is 0 Å². The second kappa shape index (κ2) is 5.06. The molecule has 0 aromatic heterocycles. The van der Waals surface area contributed by atoms with E-state index in [4.69, 9.17) is 0 Å². The molecule has 2 saturated carbocycles. The number of rotatable bonds is 4. The summed E-state index contributed by atoms with van der Waals surface area (Å²) in [6, 6.07) is 7.03. The minimum absolute atomic E-state index is 0.116. The van der Waals surface area contributed by atoms with Crippen LogP contribution in [0.4, 0.5) is 5.69 Å². The summed E-state index contributed by atoms with van der Waals surface area (Å²) in [5, 5.41) is 0. The minimum Gasteiger partial charge on any atom is -0.299 e. The second-order valence-corrected chi connectivity index (χ2v) is 9.68. The van der Waals surface area contributed by atoms with E-state index in [2.05, 4.69) is 20.7 Å². The van der Waals surface area contributed by atoms with Gasteiger partial charge in [-0.05, 0) is 42.4 Å². The number of hydrogen-bond acceptors (Lipinski definition) is 3. The monoisotopic (exact) mass is 385 g/mol. The summed E-state index contributed by atoms with van der Waals surface area (Å²) in [6.07, 6.45) is 2.16. The fourth-order valence-electron chi connectivity index (χ4n) is 4.20. The zero-order chi connectivity index (χ0) is 16.2. The van der Waals surface area contributed by atoms with Crippen LogP contribution in [0.5, 0.6) is 0 Å². The molecule has 4 nitrogen and oxygen atoms in total. The predicted molar refractivity (Wildman–Crippen MR) is 90.1 cm³/mol. The Bertz CT molecular complexity index is 729. The van der Waals surface area contributed by atoms with Gasteiger partial charge in [-0.2, -0.15) is 0 Å². The van der Waals surface area contributed by atoms with E-state index < -0.39 is 15.4 Å². The molecule has 0 spiro atoms. The third-order valence-electron chi connectivity index (χ3n) is 5.67. The number of hydrogen-bond donors (Lipinski definition) is 1. The number of anilines is 1. The molecule has 2 unspecified atom stereocenters. The van der Waals surface area contributed by atoms with E-state index in [0.717, 1.165) is 10.9 Å². The van der Waals surface area contributed by atoms with Crippen LogP contribution in [0, 0.1) is 16.7 Å². The lowest BCUT2D eigenvalue weighted by atomic mass is 9.70. The molecule has 1 N–H and O–H groups in total. The van der Waals surface area contributed by atoms with Gasteiger partial charge in [0.15, 0.2) is 0 Å². The highest BCUT2D eigenvalue weighted by atomic mass is 79.9. The third-order valence-corrected chi connectivity index (χ3v) is 7.59. The number of carbonyl (C=O) groups excluding carboxylic acids is 1. The Morgan fingerprint density at radius 3 is 2.64 bits per heavy atom. The first kappa shape index (κ1) is 16.0. The van der Waals surface area contributed by atoms with Crippen LogP contribution in [0.25, 0.3) is 0 Å². The molecule has 120 valence electrons. The van der Waals surface area contributed by atoms with E-state index in [1.165, 1.54) is 0 Å². The Morgan fingerprint density at radius 1 is 1.36 bits per heavy atom. The quantitative estimate of drug-likeness (QED) is 0.860. The van der Waals surface area contributed by atoms with Gasteiger partial charge in [-0.25, -0.2) is 8.42 Å². The van der Waals surface area contributed by atoms with Crippen LogP contribution in [0.1, 0.15) is 33.1 Å². The van der Waals surface area contributed by atoms with Crippen molar-refractivity contribution in [3.63, 3.8) is 0 Å². The van der Waals surface area contributed by atoms with Gasteiger partial charge in [0.1, 0.15) is 5.78 Å². The average Bonchev–Trinajstić information content (AvgIpc) is 2.71. The molecule has 0 amide bonds. The van der Waals surface area contributed by atoms with E-state index in [-0.39, 0.29) is 17.0 Å². The maximum Gasteiger partial charge on any atom is 0.233 e. The smallest absolute Gasteiger partial charge is 0.233 e. The minimum atomic E-state index is -3.57. The first-order valence-electron chi connectivity index (χ1n) is 7.46. The lowest BCUT2D eigenvalue weighted by Gasteiger charge is -2.36. The van der Waals surface area contributed by atoms with Crippen molar-refractivity contribution in [3.05, 3.63) is 28.7 Å². The van der Waals surface area contributed by atoms with Crippen LogP contribution in [0.15, 0.2) is 28.7 Å². The van der Waals surface area contributed by atoms with Gasteiger partial charge in [-0.15, -0.1) is 0 Å². The molecule has 0 heterocycles. The SMILES string of the molecule is CC1(C)C2CCC1(CS(=O)(=O)Nc1cccc(Br)c1)C(=O)C2. The topological polar surface area (TPSA) is 63.2 Å². The average molecular weight is 386 g/mol. The fourth-order valence-corrected chi connectivity index (χ4v) is 6.48. The van der Waals surface area contributed by atoms with Crippen molar-refractivity contribution < 1.29 is 13.2 Å². The standard InChI is InChI=1S/C16H20BrNO3S/c1-15(2)11-6-7-16(15,14(19)8-11)10-22(20,21)18-13-5-3-4-12(17)9-13/h3-5,9,11,18H,6-8,10H2,1-2H3. The number of fused-ring (bicyclic) bond motifs is 2. The zero-order valence-electron chi connectivity index (χ0n) is 12.7. The fraction of sp³-hybridized carbons (Fsp3) is 0.562. The molecule has 6 heteroatoms. The lowest BCUT2D eigenvalue weighted by Crippen LogP contribution is -2.43. The number of benzene rings is 1. The maximum atomic E-state index is 12.6. The Hall–Kier alpha value is -0.880. The largest absolute Gasteiger partial charge is 0.299 e. The summed E-state index contributed by atoms with van der Waals surface area (Å²) < 4.78 is 28.6. The molecule has 2 aliphatic carbocycles. The first-order valence-corrected chi connectivity index (χ1v) is 9.90. The molecule has 0 aliphatic heterocycles. The summed E-state index contributed by atoms with van der Waals surface area (Å²) in [4.78, 5) is 12.5. The van der Waals surface area contributed by atoms with Crippen molar-refractivity contribution in [3.8, 4) is 0 Å². The van der Waals surface area contributed by atoms with Crippen LogP contribution in [-0.4, -0.2) is 20.0 Å². The van der Waals surface area contributed by atoms with Crippen molar-refractivity contribution in [1.82, 2.24) is 0 Å². The van der Waals surface area contributed by atoms with E-state index in [9.17, 15) is 13.2 Å². The van der Waals surface area contributed by atoms with Crippen LogP contribution < -0.4 is 4.72 Å². The summed E-state index contributed by atoms with van der Waals surface area (Å²) in [5.41, 5.74) is -0.449. The summed E-state index contributed by atoms with van der Waals surface area (Å²) in [7, 11) is -3.57. The van der Waals surface area contributed by atoms with Crippen LogP contribution in [-0.2, 0) is 14.8 Å². The maximum absolute atomic E-state index is 12.6. The predicted octanol–water partition coefficient (Wildman–Crippen LogP) is 3.59. The summed E-state index contributed by atoms with van der Waals surface area (Å²) in [5.74, 6) is 0.323. The Balaban J connectivity index is 1.87. The highest BCUT2D eigenvalue weighted by molar-refractivity contribution is 9.10. The van der Waals surface area contributed by atoms with Gasteiger partial charge in [-0.1, -0.05) is 35.8 Å².